The van der Waals surface area contributed by atoms with Crippen molar-refractivity contribution in [3.8, 4) is 0 Å². The highest BCUT2D eigenvalue weighted by Gasteiger charge is 2.19. The molecule has 0 aromatic heterocycles. The van der Waals surface area contributed by atoms with E-state index in [1.807, 2.05) is 0 Å². The van der Waals surface area contributed by atoms with E-state index in [1.54, 1.807) is 0 Å². The van der Waals surface area contributed by atoms with Crippen LogP contribution < -0.4 is 0 Å². The van der Waals surface area contributed by atoms with Gasteiger partial charge in [-0.1, -0.05) is 289 Å². The molecule has 6 heteroatoms. The molecule has 0 aromatic rings. The van der Waals surface area contributed by atoms with Crippen LogP contribution in [-0.2, 0) is 28.6 Å². The molecule has 0 rings (SSSR count). The van der Waals surface area contributed by atoms with E-state index in [9.17, 15) is 14.4 Å². The summed E-state index contributed by atoms with van der Waals surface area (Å²) in [6.45, 7) is 6.67. The van der Waals surface area contributed by atoms with Gasteiger partial charge in [0.2, 0.25) is 0 Å². The number of ether oxygens (including phenoxy) is 3. The van der Waals surface area contributed by atoms with Gasteiger partial charge in [0.05, 0.1) is 0 Å². The summed E-state index contributed by atoms with van der Waals surface area (Å²) in [5, 5.41) is 0. The second kappa shape index (κ2) is 57.5. The molecule has 0 amide bonds. The SMILES string of the molecule is CCCCC/C=C/C/C=C/CCCCCCCCCC(=O)OC[C@@H](COC(=O)CCCCCCCCCCCCCCCCCC)OC(=O)CCCCCCCCCCCCCCCCCCC. The average molecular weight is 958 g/mol. The number of unbranched alkanes of at least 4 members (excludes halogenated alkanes) is 41. The van der Waals surface area contributed by atoms with Crippen LogP contribution in [0.3, 0.4) is 0 Å². The van der Waals surface area contributed by atoms with E-state index in [4.69, 9.17) is 14.2 Å². The highest BCUT2D eigenvalue weighted by molar-refractivity contribution is 5.71. The standard InChI is InChI=1S/C62H116O6/c1-4-7-10-13-16-19-22-25-28-31-34-37-40-43-46-49-52-55-61(64)67-58-59(57-66-60(63)54-51-48-45-42-39-36-33-30-27-24-21-18-15-12-9-6-3)68-62(65)56-53-50-47-44-41-38-35-32-29-26-23-20-17-14-11-8-5-2/h16,19,25,28,59H,4-15,17-18,20-24,26-27,29-58H2,1-3H3/b19-16+,28-25+/t59-/m1/s1. The summed E-state index contributed by atoms with van der Waals surface area (Å²) in [5.74, 6) is -0.850. The summed E-state index contributed by atoms with van der Waals surface area (Å²) in [4.78, 5) is 38.2. The van der Waals surface area contributed by atoms with Gasteiger partial charge >= 0.3 is 17.9 Å². The van der Waals surface area contributed by atoms with Crippen LogP contribution in [0.25, 0.3) is 0 Å². The lowest BCUT2D eigenvalue weighted by Gasteiger charge is -2.18. The first-order valence-electron chi connectivity index (χ1n) is 30.3. The quantitative estimate of drug-likeness (QED) is 0.0262. The predicted molar refractivity (Wildman–Crippen MR) is 293 cm³/mol. The molecule has 0 unspecified atom stereocenters. The van der Waals surface area contributed by atoms with Crippen LogP contribution in [0.1, 0.15) is 335 Å². The molecular weight excluding hydrogens is 841 g/mol. The maximum Gasteiger partial charge on any atom is 0.306 e. The lowest BCUT2D eigenvalue weighted by Crippen LogP contribution is -2.30. The fraction of sp³-hybridized carbons (Fsp3) is 0.887. The van der Waals surface area contributed by atoms with E-state index in [2.05, 4.69) is 45.1 Å². The molecule has 0 aromatic carbocycles. The maximum absolute atomic E-state index is 12.9. The minimum Gasteiger partial charge on any atom is -0.462 e. The van der Waals surface area contributed by atoms with Gasteiger partial charge in [0.1, 0.15) is 13.2 Å². The van der Waals surface area contributed by atoms with Gasteiger partial charge in [0.25, 0.3) is 0 Å². The lowest BCUT2D eigenvalue weighted by atomic mass is 10.0. The number of hydrogen-bond donors (Lipinski definition) is 0. The van der Waals surface area contributed by atoms with Gasteiger partial charge in [-0.3, -0.25) is 14.4 Å². The van der Waals surface area contributed by atoms with Crippen LogP contribution in [-0.4, -0.2) is 37.2 Å². The predicted octanol–water partition coefficient (Wildman–Crippen LogP) is 20.3. The summed E-state index contributed by atoms with van der Waals surface area (Å²) < 4.78 is 16.9. The second-order valence-corrected chi connectivity index (χ2v) is 20.6. The molecule has 6 nitrogen and oxygen atoms in total. The minimum atomic E-state index is -0.770. The number of hydrogen-bond acceptors (Lipinski definition) is 6. The highest BCUT2D eigenvalue weighted by Crippen LogP contribution is 2.17. The van der Waals surface area contributed by atoms with E-state index < -0.39 is 6.10 Å². The van der Waals surface area contributed by atoms with Crippen molar-refractivity contribution in [2.45, 2.75) is 341 Å². The van der Waals surface area contributed by atoms with Gasteiger partial charge in [-0.2, -0.15) is 0 Å². The highest BCUT2D eigenvalue weighted by atomic mass is 16.6. The Bertz CT molecular complexity index is 1100. The maximum atomic E-state index is 12.9. The molecule has 68 heavy (non-hydrogen) atoms. The Morgan fingerprint density at radius 3 is 0.838 bits per heavy atom. The Morgan fingerprint density at radius 2 is 0.529 bits per heavy atom. The van der Waals surface area contributed by atoms with Crippen molar-refractivity contribution >= 4 is 17.9 Å². The summed E-state index contributed by atoms with van der Waals surface area (Å²) in [5.41, 5.74) is 0. The zero-order valence-electron chi connectivity index (χ0n) is 45.9. The lowest BCUT2D eigenvalue weighted by molar-refractivity contribution is -0.167. The van der Waals surface area contributed by atoms with E-state index in [1.165, 1.54) is 225 Å². The van der Waals surface area contributed by atoms with Gasteiger partial charge < -0.3 is 14.2 Å². The zero-order valence-corrected chi connectivity index (χ0v) is 45.9. The molecular formula is C62H116O6. The van der Waals surface area contributed by atoms with Gasteiger partial charge in [-0.15, -0.1) is 0 Å². The van der Waals surface area contributed by atoms with Crippen LogP contribution in [0.15, 0.2) is 24.3 Å². The third-order valence-electron chi connectivity index (χ3n) is 13.7. The molecule has 0 bridgehead atoms. The molecule has 400 valence electrons. The topological polar surface area (TPSA) is 78.9 Å². The first kappa shape index (κ1) is 65.9. The second-order valence-electron chi connectivity index (χ2n) is 20.6. The zero-order chi connectivity index (χ0) is 49.3. The average Bonchev–Trinajstić information content (AvgIpc) is 3.34. The van der Waals surface area contributed by atoms with E-state index in [0.29, 0.717) is 19.3 Å². The number of carbonyl (C=O) groups is 3. The van der Waals surface area contributed by atoms with E-state index in [0.717, 1.165) is 70.6 Å². The van der Waals surface area contributed by atoms with Crippen molar-refractivity contribution in [2.75, 3.05) is 13.2 Å². The van der Waals surface area contributed by atoms with Crippen LogP contribution >= 0.6 is 0 Å². The Labute approximate surface area is 423 Å². The number of carbonyl (C=O) groups excluding carboxylic acids is 3. The first-order valence-corrected chi connectivity index (χ1v) is 30.3. The molecule has 0 N–H and O–H groups in total. The van der Waals surface area contributed by atoms with Crippen molar-refractivity contribution in [3.05, 3.63) is 24.3 Å². The monoisotopic (exact) mass is 957 g/mol. The summed E-state index contributed by atoms with van der Waals surface area (Å²) in [7, 11) is 0. The molecule has 0 fully saturated rings. The van der Waals surface area contributed by atoms with Crippen molar-refractivity contribution in [1.82, 2.24) is 0 Å². The first-order chi connectivity index (χ1) is 33.5. The van der Waals surface area contributed by atoms with Crippen LogP contribution in [0.2, 0.25) is 0 Å². The summed E-state index contributed by atoms with van der Waals surface area (Å²) in [6, 6.07) is 0. The number of esters is 3. The minimum absolute atomic E-state index is 0.0677. The Balaban J connectivity index is 4.33. The fourth-order valence-electron chi connectivity index (χ4n) is 9.12. The Morgan fingerprint density at radius 1 is 0.294 bits per heavy atom. The largest absolute Gasteiger partial charge is 0.462 e. The van der Waals surface area contributed by atoms with Gasteiger partial charge in [-0.25, -0.2) is 0 Å². The molecule has 0 spiro atoms. The van der Waals surface area contributed by atoms with Gasteiger partial charge in [0, 0.05) is 19.3 Å². The number of allylic oxidation sites excluding steroid dienone is 4. The molecule has 1 atom stereocenters. The van der Waals surface area contributed by atoms with Crippen molar-refractivity contribution in [1.29, 1.82) is 0 Å². The third kappa shape index (κ3) is 54.8. The van der Waals surface area contributed by atoms with E-state index >= 15 is 0 Å². The van der Waals surface area contributed by atoms with E-state index in [-0.39, 0.29) is 31.1 Å². The molecule has 0 saturated heterocycles. The van der Waals surface area contributed by atoms with Crippen LogP contribution in [0, 0.1) is 0 Å². The summed E-state index contributed by atoms with van der Waals surface area (Å²) >= 11 is 0. The molecule has 0 saturated carbocycles. The molecule has 0 aliphatic carbocycles. The third-order valence-corrected chi connectivity index (χ3v) is 13.7. The van der Waals surface area contributed by atoms with Crippen molar-refractivity contribution < 1.29 is 28.6 Å². The molecule has 0 radical (unpaired) electrons. The Hall–Kier alpha value is -2.11. The number of rotatable bonds is 56. The molecule has 0 heterocycles. The van der Waals surface area contributed by atoms with Crippen LogP contribution in [0.4, 0.5) is 0 Å². The fourth-order valence-corrected chi connectivity index (χ4v) is 9.12. The molecule has 0 aliphatic heterocycles. The summed E-state index contributed by atoms with van der Waals surface area (Å²) in [6.07, 6.45) is 67.4. The van der Waals surface area contributed by atoms with Crippen molar-refractivity contribution in [2.24, 2.45) is 0 Å². The van der Waals surface area contributed by atoms with Gasteiger partial charge in [0.15, 0.2) is 6.10 Å². The normalized spacial score (nSPS) is 12.1. The van der Waals surface area contributed by atoms with Gasteiger partial charge in [-0.05, 0) is 51.4 Å². The van der Waals surface area contributed by atoms with Crippen LogP contribution in [0.5, 0.6) is 0 Å². The Kier molecular flexibility index (Phi) is 55.7. The molecule has 0 aliphatic rings. The van der Waals surface area contributed by atoms with Crippen molar-refractivity contribution in [3.63, 3.8) is 0 Å². The smallest absolute Gasteiger partial charge is 0.306 e.